The molecule has 25 heavy (non-hydrogen) atoms. The minimum atomic E-state index is -0.0250. The van der Waals surface area contributed by atoms with Gasteiger partial charge in [0.2, 0.25) is 0 Å². The summed E-state index contributed by atoms with van der Waals surface area (Å²) < 4.78 is 1.17. The Morgan fingerprint density at radius 1 is 1.32 bits per heavy atom. The molecular weight excluding hydrogens is 348 g/mol. The molecule has 130 valence electrons. The van der Waals surface area contributed by atoms with Crippen molar-refractivity contribution in [2.45, 2.75) is 39.2 Å². The molecule has 3 nitrogen and oxygen atoms in total. The average molecular weight is 371 g/mol. The molecule has 1 aromatic carbocycles. The van der Waals surface area contributed by atoms with Crippen LogP contribution in [0.5, 0.6) is 0 Å². The van der Waals surface area contributed by atoms with Crippen molar-refractivity contribution in [2.24, 2.45) is 5.92 Å². The average Bonchev–Trinajstić information content (AvgIpc) is 3.23. The minimum absolute atomic E-state index is 0.0250. The lowest BCUT2D eigenvalue weighted by Crippen LogP contribution is -2.29. The van der Waals surface area contributed by atoms with Crippen LogP contribution in [-0.4, -0.2) is 22.8 Å². The summed E-state index contributed by atoms with van der Waals surface area (Å²) in [6.45, 7) is 4.36. The van der Waals surface area contributed by atoms with E-state index < -0.39 is 0 Å². The number of carbonyl (C=O) groups is 1. The van der Waals surface area contributed by atoms with E-state index in [-0.39, 0.29) is 11.9 Å². The molecule has 4 rings (SSSR count). The van der Waals surface area contributed by atoms with Crippen molar-refractivity contribution in [3.8, 4) is 0 Å². The molecule has 0 saturated heterocycles. The fourth-order valence-electron chi connectivity index (χ4n) is 3.40. The van der Waals surface area contributed by atoms with Crippen LogP contribution in [0.2, 0.25) is 0 Å². The number of thiazole rings is 1. The number of para-hydroxylation sites is 1. The fraction of sp³-hybridized carbons (Fsp3) is 0.400. The van der Waals surface area contributed by atoms with Crippen molar-refractivity contribution in [1.82, 2.24) is 9.88 Å². The Kier molecular flexibility index (Phi) is 4.38. The standard InChI is InChI=1S/C20H22N2OS2/c1-12-8-9-16-14(10-12)11-18(24-16)20(23)22(3)13(2)19-21-15-6-4-5-7-17(15)25-19/h4-7,11-13H,8-10H2,1-3H3/t12-,13+/m0/s1. The molecule has 0 spiro atoms. The highest BCUT2D eigenvalue weighted by Gasteiger charge is 2.26. The molecule has 0 N–H and O–H groups in total. The molecular formula is C20H22N2OS2. The molecule has 2 heterocycles. The number of thiophene rings is 1. The van der Waals surface area contributed by atoms with E-state index in [4.69, 9.17) is 4.98 Å². The van der Waals surface area contributed by atoms with Gasteiger partial charge in [-0.2, -0.15) is 0 Å². The van der Waals surface area contributed by atoms with E-state index in [2.05, 4.69) is 26.0 Å². The van der Waals surface area contributed by atoms with Gasteiger partial charge in [0.1, 0.15) is 5.01 Å². The Balaban J connectivity index is 1.57. The second-order valence-corrected chi connectivity index (χ2v) is 9.22. The van der Waals surface area contributed by atoms with E-state index >= 15 is 0 Å². The van der Waals surface area contributed by atoms with E-state index in [1.807, 2.05) is 30.1 Å². The van der Waals surface area contributed by atoms with Crippen LogP contribution in [0.3, 0.4) is 0 Å². The van der Waals surface area contributed by atoms with Gasteiger partial charge in [-0.15, -0.1) is 22.7 Å². The zero-order chi connectivity index (χ0) is 17.6. The van der Waals surface area contributed by atoms with Crippen molar-refractivity contribution in [2.75, 3.05) is 7.05 Å². The highest BCUT2D eigenvalue weighted by molar-refractivity contribution is 7.18. The zero-order valence-electron chi connectivity index (χ0n) is 14.8. The van der Waals surface area contributed by atoms with Gasteiger partial charge >= 0.3 is 0 Å². The summed E-state index contributed by atoms with van der Waals surface area (Å²) in [5.74, 6) is 0.836. The van der Waals surface area contributed by atoms with Crippen LogP contribution < -0.4 is 0 Å². The SMILES string of the molecule is C[C@H]1CCc2sc(C(=O)N(C)[C@H](C)c3nc4ccccc4s3)cc2C1. The lowest BCUT2D eigenvalue weighted by molar-refractivity contribution is 0.0747. The number of hydrogen-bond acceptors (Lipinski definition) is 4. The number of aromatic nitrogens is 1. The highest BCUT2D eigenvalue weighted by atomic mass is 32.1. The molecule has 0 saturated carbocycles. The van der Waals surface area contributed by atoms with Crippen molar-refractivity contribution >= 4 is 38.8 Å². The van der Waals surface area contributed by atoms with Crippen molar-refractivity contribution < 1.29 is 4.79 Å². The van der Waals surface area contributed by atoms with E-state index in [1.54, 1.807) is 22.7 Å². The first-order chi connectivity index (χ1) is 12.0. The second kappa shape index (κ2) is 6.54. The first-order valence-corrected chi connectivity index (χ1v) is 10.4. The van der Waals surface area contributed by atoms with E-state index in [1.165, 1.54) is 21.6 Å². The third kappa shape index (κ3) is 3.11. The van der Waals surface area contributed by atoms with Crippen LogP contribution in [0.1, 0.15) is 51.4 Å². The Morgan fingerprint density at radius 2 is 2.12 bits per heavy atom. The summed E-state index contributed by atoms with van der Waals surface area (Å²) in [5.41, 5.74) is 2.39. The number of benzene rings is 1. The second-order valence-electron chi connectivity index (χ2n) is 7.02. The Bertz CT molecular complexity index is 894. The normalized spacial score (nSPS) is 18.1. The maximum absolute atomic E-state index is 13.0. The molecule has 0 unspecified atom stereocenters. The van der Waals surface area contributed by atoms with Crippen LogP contribution in [-0.2, 0) is 12.8 Å². The van der Waals surface area contributed by atoms with Crippen LogP contribution >= 0.6 is 22.7 Å². The summed E-state index contributed by atoms with van der Waals surface area (Å²) in [4.78, 5) is 21.8. The van der Waals surface area contributed by atoms with Gasteiger partial charge in [0.05, 0.1) is 21.1 Å². The molecule has 0 fully saturated rings. The Labute approximate surface area is 156 Å². The molecule has 0 radical (unpaired) electrons. The summed E-state index contributed by atoms with van der Waals surface area (Å²) >= 11 is 3.36. The third-order valence-electron chi connectivity index (χ3n) is 5.11. The van der Waals surface area contributed by atoms with Crippen LogP contribution in [0.4, 0.5) is 0 Å². The van der Waals surface area contributed by atoms with Gasteiger partial charge in [-0.3, -0.25) is 4.79 Å². The molecule has 1 aliphatic carbocycles. The lowest BCUT2D eigenvalue weighted by atomic mass is 9.90. The van der Waals surface area contributed by atoms with E-state index in [9.17, 15) is 4.79 Å². The van der Waals surface area contributed by atoms with E-state index in [0.717, 1.165) is 34.2 Å². The monoisotopic (exact) mass is 370 g/mol. The largest absolute Gasteiger partial charge is 0.332 e. The van der Waals surface area contributed by atoms with Crippen molar-refractivity contribution in [1.29, 1.82) is 0 Å². The number of rotatable bonds is 3. The molecule has 1 aliphatic rings. The number of aryl methyl sites for hydroxylation is 1. The predicted octanol–water partition coefficient (Wildman–Crippen LogP) is 5.32. The third-order valence-corrected chi connectivity index (χ3v) is 7.54. The van der Waals surface area contributed by atoms with Gasteiger partial charge in [0.25, 0.3) is 5.91 Å². The summed E-state index contributed by atoms with van der Waals surface area (Å²) in [6.07, 6.45) is 3.46. The molecule has 1 amide bonds. The van der Waals surface area contributed by atoms with Crippen LogP contribution in [0.25, 0.3) is 10.2 Å². The minimum Gasteiger partial charge on any atom is -0.332 e. The van der Waals surface area contributed by atoms with Gasteiger partial charge in [-0.1, -0.05) is 19.1 Å². The molecule has 5 heteroatoms. The van der Waals surface area contributed by atoms with E-state index in [0.29, 0.717) is 0 Å². The summed E-state index contributed by atoms with van der Waals surface area (Å²) in [5, 5.41) is 0.993. The van der Waals surface area contributed by atoms with Gasteiger partial charge in [-0.05, 0) is 55.9 Å². The van der Waals surface area contributed by atoms with Crippen molar-refractivity contribution in [3.63, 3.8) is 0 Å². The number of hydrogen-bond donors (Lipinski definition) is 0. The summed E-state index contributed by atoms with van der Waals surface area (Å²) in [7, 11) is 1.89. The number of fused-ring (bicyclic) bond motifs is 2. The topological polar surface area (TPSA) is 33.2 Å². The first kappa shape index (κ1) is 16.7. The molecule has 0 bridgehead atoms. The Hall–Kier alpha value is -1.72. The first-order valence-electron chi connectivity index (χ1n) is 8.77. The maximum atomic E-state index is 13.0. The molecule has 0 aliphatic heterocycles. The lowest BCUT2D eigenvalue weighted by Gasteiger charge is -2.22. The predicted molar refractivity (Wildman–Crippen MR) is 106 cm³/mol. The van der Waals surface area contributed by atoms with Gasteiger partial charge < -0.3 is 4.90 Å². The molecule has 3 aromatic rings. The van der Waals surface area contributed by atoms with Crippen LogP contribution in [0, 0.1) is 5.92 Å². The maximum Gasteiger partial charge on any atom is 0.264 e. The van der Waals surface area contributed by atoms with Gasteiger partial charge in [0.15, 0.2) is 0 Å². The summed E-state index contributed by atoms with van der Waals surface area (Å²) in [6, 6.07) is 10.2. The van der Waals surface area contributed by atoms with Gasteiger partial charge in [0, 0.05) is 11.9 Å². The number of amides is 1. The highest BCUT2D eigenvalue weighted by Crippen LogP contribution is 2.34. The van der Waals surface area contributed by atoms with Crippen molar-refractivity contribution in [3.05, 3.63) is 50.7 Å². The van der Waals surface area contributed by atoms with Crippen LogP contribution in [0.15, 0.2) is 30.3 Å². The number of nitrogens with zero attached hydrogens (tertiary/aromatic N) is 2. The fourth-order valence-corrected chi connectivity index (χ4v) is 5.65. The smallest absolute Gasteiger partial charge is 0.264 e. The quantitative estimate of drug-likeness (QED) is 0.625. The Morgan fingerprint density at radius 3 is 2.92 bits per heavy atom. The number of carbonyl (C=O) groups excluding carboxylic acids is 1. The molecule has 2 atom stereocenters. The molecule has 2 aromatic heterocycles. The van der Waals surface area contributed by atoms with Gasteiger partial charge in [-0.25, -0.2) is 4.98 Å². The zero-order valence-corrected chi connectivity index (χ0v) is 16.4.